The van der Waals surface area contributed by atoms with Gasteiger partial charge in [0.2, 0.25) is 0 Å². The van der Waals surface area contributed by atoms with Crippen molar-refractivity contribution in [3.05, 3.63) is 28.5 Å². The maximum Gasteiger partial charge on any atom is 0.307 e. The van der Waals surface area contributed by atoms with E-state index in [0.29, 0.717) is 13.0 Å². The van der Waals surface area contributed by atoms with Crippen LogP contribution in [0.25, 0.3) is 0 Å². The van der Waals surface area contributed by atoms with Crippen LogP contribution in [-0.2, 0) is 4.79 Å². The van der Waals surface area contributed by atoms with Crippen molar-refractivity contribution in [2.75, 3.05) is 6.61 Å². The Morgan fingerprint density at radius 3 is 2.88 bits per heavy atom. The van der Waals surface area contributed by atoms with Gasteiger partial charge < -0.3 is 9.84 Å². The lowest BCUT2D eigenvalue weighted by Gasteiger charge is -2.10. The third-order valence-electron chi connectivity index (χ3n) is 2.87. The molecule has 3 nitrogen and oxygen atoms in total. The Hall–Kier alpha value is -1.29. The van der Waals surface area contributed by atoms with Crippen molar-refractivity contribution < 1.29 is 19.0 Å². The first-order valence-corrected chi connectivity index (χ1v) is 5.77. The van der Waals surface area contributed by atoms with Crippen LogP contribution >= 0.6 is 11.6 Å². The normalized spacial score (nSPS) is 22.3. The SMILES string of the molecule is CCOc1ccc(Cl)c([C@H]2C[C@H]2C(=O)O)c1F. The van der Waals surface area contributed by atoms with Crippen LogP contribution < -0.4 is 4.74 Å². The first-order valence-electron chi connectivity index (χ1n) is 5.39. The van der Waals surface area contributed by atoms with E-state index in [-0.39, 0.29) is 22.3 Å². The van der Waals surface area contributed by atoms with E-state index in [1.165, 1.54) is 6.07 Å². The van der Waals surface area contributed by atoms with Gasteiger partial charge in [-0.05, 0) is 25.5 Å². The summed E-state index contributed by atoms with van der Waals surface area (Å²) in [5.41, 5.74) is 0.269. The Labute approximate surface area is 103 Å². The second-order valence-electron chi connectivity index (χ2n) is 3.99. The molecule has 0 radical (unpaired) electrons. The predicted octanol–water partition coefficient (Wildman–Crippen LogP) is 3.07. The number of ether oxygens (including phenoxy) is 1. The van der Waals surface area contributed by atoms with E-state index in [2.05, 4.69) is 0 Å². The van der Waals surface area contributed by atoms with Crippen molar-refractivity contribution in [3.8, 4) is 5.75 Å². The smallest absolute Gasteiger partial charge is 0.307 e. The third-order valence-corrected chi connectivity index (χ3v) is 3.20. The third kappa shape index (κ3) is 2.22. The molecule has 1 saturated carbocycles. The summed E-state index contributed by atoms with van der Waals surface area (Å²) in [4.78, 5) is 10.8. The van der Waals surface area contributed by atoms with Gasteiger partial charge in [-0.3, -0.25) is 4.79 Å². The number of halogens is 2. The molecule has 2 atom stereocenters. The first-order chi connectivity index (χ1) is 8.06. The molecule has 5 heteroatoms. The minimum absolute atomic E-state index is 0.128. The van der Waals surface area contributed by atoms with Crippen molar-refractivity contribution in [3.63, 3.8) is 0 Å². The Kier molecular flexibility index (Phi) is 3.24. The highest BCUT2D eigenvalue weighted by Crippen LogP contribution is 2.51. The maximum atomic E-state index is 14.0. The zero-order valence-electron chi connectivity index (χ0n) is 9.24. The van der Waals surface area contributed by atoms with Crippen LogP contribution in [0.5, 0.6) is 5.75 Å². The molecule has 0 amide bonds. The summed E-state index contributed by atoms with van der Waals surface area (Å²) < 4.78 is 19.2. The monoisotopic (exact) mass is 258 g/mol. The molecule has 0 spiro atoms. The van der Waals surface area contributed by atoms with Crippen LogP contribution in [0, 0.1) is 11.7 Å². The van der Waals surface area contributed by atoms with Crippen molar-refractivity contribution >= 4 is 17.6 Å². The molecule has 0 saturated heterocycles. The summed E-state index contributed by atoms with van der Waals surface area (Å²) in [7, 11) is 0. The molecular weight excluding hydrogens is 247 g/mol. The average Bonchev–Trinajstić information content (AvgIpc) is 3.03. The summed E-state index contributed by atoms with van der Waals surface area (Å²) in [6, 6.07) is 3.00. The molecule has 0 aromatic heterocycles. The largest absolute Gasteiger partial charge is 0.491 e. The summed E-state index contributed by atoms with van der Waals surface area (Å²) in [5, 5.41) is 9.11. The van der Waals surface area contributed by atoms with Gasteiger partial charge in [0.25, 0.3) is 0 Å². The van der Waals surface area contributed by atoms with Crippen LogP contribution in [0.15, 0.2) is 12.1 Å². The quantitative estimate of drug-likeness (QED) is 0.903. The zero-order chi connectivity index (χ0) is 12.6. The molecular formula is C12H12ClFO3. The van der Waals surface area contributed by atoms with E-state index in [0.717, 1.165) is 0 Å². The van der Waals surface area contributed by atoms with E-state index in [9.17, 15) is 9.18 Å². The number of benzene rings is 1. The molecule has 1 N–H and O–H groups in total. The Morgan fingerprint density at radius 2 is 2.35 bits per heavy atom. The number of aliphatic carboxylic acids is 1. The highest BCUT2D eigenvalue weighted by Gasteiger charge is 2.47. The standard InChI is InChI=1S/C12H12ClFO3/c1-2-17-9-4-3-8(13)10(11(9)14)6-5-7(6)12(15)16/h3-4,6-7H,2,5H2,1H3,(H,15,16)/t6-,7+/m0/s1. The van der Waals surface area contributed by atoms with E-state index in [4.69, 9.17) is 21.4 Å². The fraction of sp³-hybridized carbons (Fsp3) is 0.417. The van der Waals surface area contributed by atoms with Crippen LogP contribution in [0.2, 0.25) is 5.02 Å². The van der Waals surface area contributed by atoms with E-state index in [1.807, 2.05) is 0 Å². The van der Waals surface area contributed by atoms with E-state index < -0.39 is 17.7 Å². The summed E-state index contributed by atoms with van der Waals surface area (Å²) >= 11 is 5.92. The fourth-order valence-electron chi connectivity index (χ4n) is 1.94. The molecule has 0 bridgehead atoms. The molecule has 1 aromatic carbocycles. The second-order valence-corrected chi connectivity index (χ2v) is 4.40. The predicted molar refractivity (Wildman–Crippen MR) is 61.1 cm³/mol. The van der Waals surface area contributed by atoms with E-state index >= 15 is 0 Å². The molecule has 0 aliphatic heterocycles. The van der Waals surface area contributed by atoms with Crippen LogP contribution in [0.4, 0.5) is 4.39 Å². The molecule has 1 aromatic rings. The molecule has 2 rings (SSSR count). The van der Waals surface area contributed by atoms with E-state index in [1.54, 1.807) is 13.0 Å². The second kappa shape index (κ2) is 4.53. The van der Waals surface area contributed by atoms with Crippen molar-refractivity contribution in [2.24, 2.45) is 5.92 Å². The average molecular weight is 259 g/mol. The van der Waals surface area contributed by atoms with Gasteiger partial charge in [0.05, 0.1) is 12.5 Å². The Bertz CT molecular complexity index is 461. The Morgan fingerprint density at radius 1 is 1.65 bits per heavy atom. The van der Waals surface area contributed by atoms with Gasteiger partial charge in [-0.1, -0.05) is 11.6 Å². The molecule has 1 fully saturated rings. The van der Waals surface area contributed by atoms with Crippen LogP contribution in [0.3, 0.4) is 0 Å². The first kappa shape index (κ1) is 12.2. The molecule has 1 aliphatic rings. The minimum Gasteiger partial charge on any atom is -0.491 e. The highest BCUT2D eigenvalue weighted by molar-refractivity contribution is 6.31. The van der Waals surface area contributed by atoms with Gasteiger partial charge in [-0.2, -0.15) is 0 Å². The zero-order valence-corrected chi connectivity index (χ0v) is 10.00. The summed E-state index contributed by atoms with van der Waals surface area (Å²) in [5.74, 6) is -2.18. The van der Waals surface area contributed by atoms with Gasteiger partial charge in [-0.15, -0.1) is 0 Å². The maximum absolute atomic E-state index is 14.0. The lowest BCUT2D eigenvalue weighted by molar-refractivity contribution is -0.138. The minimum atomic E-state index is -0.910. The lowest BCUT2D eigenvalue weighted by Crippen LogP contribution is -2.02. The molecule has 0 unspecified atom stereocenters. The van der Waals surface area contributed by atoms with Crippen molar-refractivity contribution in [2.45, 2.75) is 19.3 Å². The molecule has 1 aliphatic carbocycles. The van der Waals surface area contributed by atoms with Crippen molar-refractivity contribution in [1.82, 2.24) is 0 Å². The number of rotatable bonds is 4. The number of carbonyl (C=O) groups is 1. The highest BCUT2D eigenvalue weighted by atomic mass is 35.5. The van der Waals surface area contributed by atoms with Gasteiger partial charge in [0.15, 0.2) is 11.6 Å². The Balaban J connectivity index is 2.33. The molecule has 0 heterocycles. The molecule has 17 heavy (non-hydrogen) atoms. The van der Waals surface area contributed by atoms with Gasteiger partial charge in [-0.25, -0.2) is 4.39 Å². The van der Waals surface area contributed by atoms with Crippen LogP contribution in [0.1, 0.15) is 24.8 Å². The molecule has 92 valence electrons. The number of hydrogen-bond acceptors (Lipinski definition) is 2. The number of hydrogen-bond donors (Lipinski definition) is 1. The summed E-state index contributed by atoms with van der Waals surface area (Å²) in [6.07, 6.45) is 0.432. The summed E-state index contributed by atoms with van der Waals surface area (Å²) in [6.45, 7) is 2.11. The van der Waals surface area contributed by atoms with Crippen LogP contribution in [-0.4, -0.2) is 17.7 Å². The lowest BCUT2D eigenvalue weighted by atomic mass is 10.1. The van der Waals surface area contributed by atoms with Crippen molar-refractivity contribution in [1.29, 1.82) is 0 Å². The van der Waals surface area contributed by atoms with Gasteiger partial charge >= 0.3 is 5.97 Å². The fourth-order valence-corrected chi connectivity index (χ4v) is 2.23. The topological polar surface area (TPSA) is 46.5 Å². The van der Waals surface area contributed by atoms with Gasteiger partial charge in [0, 0.05) is 16.5 Å². The number of carboxylic acid groups (broad SMARTS) is 1. The number of carboxylic acids is 1. The van der Waals surface area contributed by atoms with Gasteiger partial charge in [0.1, 0.15) is 0 Å².